The Hall–Kier alpha value is -3.06. The average Bonchev–Trinajstić information content (AvgIpc) is 3.59. The Morgan fingerprint density at radius 2 is 1.10 bits per heavy atom. The fourth-order valence-corrected chi connectivity index (χ4v) is 5.65. The van der Waals surface area contributed by atoms with E-state index in [0.717, 1.165) is 63.7 Å². The molecule has 1 aliphatic rings. The van der Waals surface area contributed by atoms with Crippen molar-refractivity contribution in [3.63, 3.8) is 0 Å². The molecule has 4 aromatic rings. The minimum atomic E-state index is 0.752. The lowest BCUT2D eigenvalue weighted by atomic mass is 10.1. The van der Waals surface area contributed by atoms with E-state index in [0.29, 0.717) is 0 Å². The van der Waals surface area contributed by atoms with Crippen LogP contribution in [0.4, 0.5) is 0 Å². The SMILES string of the molecule is Brc1c2cccc1C[n+]1ccn(c1)CCCCCCOc1cccc(c1)OCCCCCCn1cc[n+](c1)C2. The van der Waals surface area contributed by atoms with Crippen molar-refractivity contribution in [3.8, 4) is 11.5 Å². The number of halogens is 1. The van der Waals surface area contributed by atoms with Gasteiger partial charge in [-0.05, 0) is 79.4 Å². The van der Waals surface area contributed by atoms with Gasteiger partial charge in [0.1, 0.15) is 49.4 Å². The van der Waals surface area contributed by atoms with Crippen LogP contribution in [-0.4, -0.2) is 22.3 Å². The molecule has 0 saturated carbocycles. The van der Waals surface area contributed by atoms with Gasteiger partial charge in [0.2, 0.25) is 12.7 Å². The highest BCUT2D eigenvalue weighted by atomic mass is 79.9. The molecule has 0 atom stereocenters. The summed E-state index contributed by atoms with van der Waals surface area (Å²) in [6.07, 6.45) is 22.4. The minimum absolute atomic E-state index is 0.752. The third kappa shape index (κ3) is 8.46. The highest BCUT2D eigenvalue weighted by molar-refractivity contribution is 9.10. The van der Waals surface area contributed by atoms with E-state index in [2.05, 4.69) is 89.8 Å². The molecule has 3 heterocycles. The second-order valence-corrected chi connectivity index (χ2v) is 11.3. The summed E-state index contributed by atoms with van der Waals surface area (Å²) < 4.78 is 22.3. The van der Waals surface area contributed by atoms with Gasteiger partial charge in [-0.15, -0.1) is 0 Å². The smallest absolute Gasteiger partial charge is 0.244 e. The molecule has 5 rings (SSSR count). The quantitative estimate of drug-likeness (QED) is 0.224. The molecule has 0 saturated heterocycles. The van der Waals surface area contributed by atoms with Crippen LogP contribution in [0, 0.1) is 0 Å². The highest BCUT2D eigenvalue weighted by Gasteiger charge is 2.13. The third-order valence-corrected chi connectivity index (χ3v) is 8.34. The fraction of sp³-hybridized carbons (Fsp3) is 0.438. The predicted molar refractivity (Wildman–Crippen MR) is 156 cm³/mol. The van der Waals surface area contributed by atoms with Crippen LogP contribution in [0.3, 0.4) is 0 Å². The number of hydrogen-bond donors (Lipinski definition) is 0. The van der Waals surface area contributed by atoms with Gasteiger partial charge in [-0.3, -0.25) is 0 Å². The largest absolute Gasteiger partial charge is 0.493 e. The predicted octanol–water partition coefficient (Wildman–Crippen LogP) is 6.32. The van der Waals surface area contributed by atoms with Crippen molar-refractivity contribution in [1.82, 2.24) is 9.13 Å². The second-order valence-electron chi connectivity index (χ2n) is 10.5. The van der Waals surface area contributed by atoms with E-state index in [1.807, 2.05) is 24.3 Å². The lowest BCUT2D eigenvalue weighted by Gasteiger charge is -2.09. The Labute approximate surface area is 240 Å². The molecule has 0 N–H and O–H groups in total. The van der Waals surface area contributed by atoms with Crippen LogP contribution in [-0.2, 0) is 26.2 Å². The molecule has 6 nitrogen and oxygen atoms in total. The van der Waals surface area contributed by atoms with Crippen molar-refractivity contribution in [2.75, 3.05) is 13.2 Å². The van der Waals surface area contributed by atoms with Gasteiger partial charge in [-0.1, -0.05) is 24.3 Å². The minimum Gasteiger partial charge on any atom is -0.493 e. The van der Waals surface area contributed by atoms with Crippen LogP contribution in [0.1, 0.15) is 62.5 Å². The molecule has 0 spiro atoms. The summed E-state index contributed by atoms with van der Waals surface area (Å²) in [6.45, 7) is 5.31. The van der Waals surface area contributed by atoms with Gasteiger partial charge in [0.05, 0.1) is 26.3 Å². The summed E-state index contributed by atoms with van der Waals surface area (Å²) in [5.41, 5.74) is 2.61. The molecule has 0 amide bonds. The number of aryl methyl sites for hydroxylation is 2. The van der Waals surface area contributed by atoms with E-state index >= 15 is 0 Å². The zero-order valence-corrected chi connectivity index (χ0v) is 24.5. The van der Waals surface area contributed by atoms with Crippen molar-refractivity contribution in [2.45, 2.75) is 77.5 Å². The van der Waals surface area contributed by atoms with E-state index in [4.69, 9.17) is 9.47 Å². The fourth-order valence-electron chi connectivity index (χ4n) is 5.13. The molecule has 7 heteroatoms. The van der Waals surface area contributed by atoms with Crippen molar-refractivity contribution in [1.29, 1.82) is 0 Å². The molecule has 2 aromatic carbocycles. The number of nitrogens with zero attached hydrogens (tertiary/aromatic N) is 4. The monoisotopic (exact) mass is 592 g/mol. The number of fused-ring (bicyclic) bond motifs is 8. The zero-order valence-electron chi connectivity index (χ0n) is 22.9. The lowest BCUT2D eigenvalue weighted by Crippen LogP contribution is -2.33. The first-order valence-electron chi connectivity index (χ1n) is 14.4. The summed E-state index contributed by atoms with van der Waals surface area (Å²) in [5.74, 6) is 1.80. The Balaban J connectivity index is 1.22. The zero-order chi connectivity index (χ0) is 26.7. The Morgan fingerprint density at radius 3 is 1.64 bits per heavy atom. The number of hydrogen-bond acceptors (Lipinski definition) is 2. The standard InChI is InChI=1S/C32H41BrN4O2/c33-32-28-11-9-12-29(32)25-37-20-18-35(27-37)16-6-2-4-8-22-39-31-14-10-13-30(23-31)38-21-7-3-1-5-15-34-17-19-36(24-28)26-34/h9-14,17-20,23,26-27H,1-8,15-16,21-22,24-25H2/q+2. The maximum absolute atomic E-state index is 5.99. The number of rotatable bonds is 0. The molecule has 0 unspecified atom stereocenters. The molecule has 8 bridgehead atoms. The van der Waals surface area contributed by atoms with E-state index < -0.39 is 0 Å². The highest BCUT2D eigenvalue weighted by Crippen LogP contribution is 2.22. The molecule has 1 aliphatic heterocycles. The first-order valence-corrected chi connectivity index (χ1v) is 15.2. The number of imidazole rings is 2. The van der Waals surface area contributed by atoms with E-state index in [9.17, 15) is 0 Å². The third-order valence-electron chi connectivity index (χ3n) is 7.32. The number of ether oxygens (including phenoxy) is 2. The van der Waals surface area contributed by atoms with Crippen LogP contribution in [0.5, 0.6) is 11.5 Å². The van der Waals surface area contributed by atoms with Crippen LogP contribution in [0.15, 0.2) is 84.4 Å². The first-order chi connectivity index (χ1) is 19.2. The maximum atomic E-state index is 5.99. The molecule has 206 valence electrons. The summed E-state index contributed by atoms with van der Waals surface area (Å²) in [7, 11) is 0. The molecule has 0 fully saturated rings. The van der Waals surface area contributed by atoms with Crippen molar-refractivity contribution in [2.24, 2.45) is 0 Å². The van der Waals surface area contributed by atoms with E-state index in [-0.39, 0.29) is 0 Å². The van der Waals surface area contributed by atoms with Crippen molar-refractivity contribution in [3.05, 3.63) is 95.5 Å². The first kappa shape index (κ1) is 27.5. The Morgan fingerprint density at radius 1 is 0.615 bits per heavy atom. The molecule has 0 radical (unpaired) electrons. The molecular formula is C32H41BrN4O2+2. The molecule has 39 heavy (non-hydrogen) atoms. The van der Waals surface area contributed by atoms with E-state index in [1.54, 1.807) is 0 Å². The summed E-state index contributed by atoms with van der Waals surface area (Å²) in [5, 5.41) is 0. The lowest BCUT2D eigenvalue weighted by molar-refractivity contribution is -0.689. The molecular weight excluding hydrogens is 552 g/mol. The Bertz CT molecular complexity index is 1220. The van der Waals surface area contributed by atoms with E-state index in [1.165, 1.54) is 54.1 Å². The van der Waals surface area contributed by atoms with Gasteiger partial charge in [-0.2, -0.15) is 0 Å². The van der Waals surface area contributed by atoms with Gasteiger partial charge >= 0.3 is 0 Å². The summed E-state index contributed by atoms with van der Waals surface area (Å²) in [4.78, 5) is 0. The molecule has 0 aliphatic carbocycles. The summed E-state index contributed by atoms with van der Waals surface area (Å²) in [6, 6.07) is 14.7. The van der Waals surface area contributed by atoms with Crippen LogP contribution in [0.25, 0.3) is 0 Å². The summed E-state index contributed by atoms with van der Waals surface area (Å²) >= 11 is 3.91. The van der Waals surface area contributed by atoms with Crippen LogP contribution < -0.4 is 18.6 Å². The Kier molecular flexibility index (Phi) is 10.1. The normalized spacial score (nSPS) is 16.3. The van der Waals surface area contributed by atoms with Crippen molar-refractivity contribution < 1.29 is 18.6 Å². The van der Waals surface area contributed by atoms with Gasteiger partial charge in [0.25, 0.3) is 0 Å². The average molecular weight is 594 g/mol. The van der Waals surface area contributed by atoms with Gasteiger partial charge in [-0.25, -0.2) is 18.3 Å². The van der Waals surface area contributed by atoms with Crippen molar-refractivity contribution >= 4 is 15.9 Å². The molecule has 2 aromatic heterocycles. The maximum Gasteiger partial charge on any atom is 0.244 e. The van der Waals surface area contributed by atoms with Gasteiger partial charge < -0.3 is 9.47 Å². The number of aromatic nitrogens is 4. The topological polar surface area (TPSA) is 36.1 Å². The van der Waals surface area contributed by atoms with Crippen LogP contribution >= 0.6 is 15.9 Å². The second kappa shape index (κ2) is 14.4. The van der Waals surface area contributed by atoms with Gasteiger partial charge in [0.15, 0.2) is 0 Å². The number of benzene rings is 2. The van der Waals surface area contributed by atoms with Gasteiger partial charge in [0, 0.05) is 21.7 Å². The van der Waals surface area contributed by atoms with Crippen LogP contribution in [0.2, 0.25) is 0 Å².